The Morgan fingerprint density at radius 2 is 0.902 bits per heavy atom. The Morgan fingerprint density at radius 3 is 1.35 bits per heavy atom. The largest absolute Gasteiger partial charge is 0.254 e. The average molecular weight is 682 g/mol. The first kappa shape index (κ1) is 37.4. The molecule has 254 valence electrons. The van der Waals surface area contributed by atoms with Gasteiger partial charge in [0.2, 0.25) is 0 Å². The van der Waals surface area contributed by atoms with Gasteiger partial charge in [-0.05, 0) is 128 Å². The zero-order valence-corrected chi connectivity index (χ0v) is 28.4. The van der Waals surface area contributed by atoms with Crippen molar-refractivity contribution in [2.75, 3.05) is 0 Å². The van der Waals surface area contributed by atoms with Gasteiger partial charge < -0.3 is 0 Å². The maximum absolute atomic E-state index is 12.9. The lowest BCUT2D eigenvalue weighted by Gasteiger charge is -1.97. The molecular weight excluding hydrogens is 646 g/mol. The Hall–Kier alpha value is -6.39. The fourth-order valence-corrected chi connectivity index (χ4v) is 4.54. The van der Waals surface area contributed by atoms with Gasteiger partial charge in [0.05, 0.1) is 17.1 Å². The van der Waals surface area contributed by atoms with Crippen molar-refractivity contribution < 1.29 is 17.6 Å². The molecule has 0 aliphatic heterocycles. The van der Waals surface area contributed by atoms with E-state index in [-0.39, 0.29) is 0 Å². The van der Waals surface area contributed by atoms with E-state index in [1.54, 1.807) is 24.3 Å². The second-order valence-corrected chi connectivity index (χ2v) is 11.3. The Labute approximate surface area is 296 Å². The number of terminal acetylenes is 1. The molecule has 7 heteroatoms. The van der Waals surface area contributed by atoms with Gasteiger partial charge >= 0.3 is 0 Å². The molecule has 0 spiro atoms. The first-order valence-electron chi connectivity index (χ1n) is 15.9. The molecule has 0 amide bonds. The summed E-state index contributed by atoms with van der Waals surface area (Å²) in [5, 5.41) is 0. The highest BCUT2D eigenvalue weighted by molar-refractivity contribution is 5.70. The third kappa shape index (κ3) is 13.2. The average Bonchev–Trinajstić information content (AvgIpc) is 3.11. The number of aryl methyl sites for hydroxylation is 3. The summed E-state index contributed by atoms with van der Waals surface area (Å²) in [6, 6.07) is 32.3. The van der Waals surface area contributed by atoms with E-state index in [1.165, 1.54) is 18.2 Å². The molecule has 6 rings (SSSR count). The van der Waals surface area contributed by atoms with Crippen molar-refractivity contribution in [1.29, 1.82) is 0 Å². The summed E-state index contributed by atoms with van der Waals surface area (Å²) in [5.74, 6) is -0.218. The van der Waals surface area contributed by atoms with Crippen LogP contribution in [-0.2, 0) is 0 Å². The topological polar surface area (TPSA) is 38.7 Å². The Kier molecular flexibility index (Phi) is 13.9. The van der Waals surface area contributed by atoms with Gasteiger partial charge in [-0.25, -0.2) is 17.6 Å². The molecule has 51 heavy (non-hydrogen) atoms. The molecule has 0 aliphatic carbocycles. The Bertz CT molecular complexity index is 2190. The van der Waals surface area contributed by atoms with E-state index in [2.05, 4.69) is 20.9 Å². The number of hydrogen-bond donors (Lipinski definition) is 0. The highest BCUT2D eigenvalue weighted by atomic mass is 19.2. The van der Waals surface area contributed by atoms with Crippen molar-refractivity contribution >= 4 is 36.5 Å². The van der Waals surface area contributed by atoms with Crippen LogP contribution in [0.4, 0.5) is 17.6 Å². The smallest absolute Gasteiger partial charge is 0.159 e. The van der Waals surface area contributed by atoms with E-state index in [4.69, 9.17) is 6.42 Å². The first-order chi connectivity index (χ1) is 24.6. The highest BCUT2D eigenvalue weighted by Crippen LogP contribution is 2.14. The predicted octanol–water partition coefficient (Wildman–Crippen LogP) is 11.2. The van der Waals surface area contributed by atoms with E-state index >= 15 is 0 Å². The van der Waals surface area contributed by atoms with Crippen LogP contribution in [0.3, 0.4) is 0 Å². The van der Waals surface area contributed by atoms with Gasteiger partial charge in [-0.1, -0.05) is 60.5 Å². The molecule has 0 saturated heterocycles. The lowest BCUT2D eigenvalue weighted by molar-refractivity contribution is 0.508. The number of aromatic nitrogens is 3. The third-order valence-corrected chi connectivity index (χ3v) is 6.95. The van der Waals surface area contributed by atoms with Gasteiger partial charge in [-0.3, -0.25) is 15.0 Å². The van der Waals surface area contributed by atoms with Crippen molar-refractivity contribution in [3.05, 3.63) is 195 Å². The number of pyridine rings is 3. The summed E-state index contributed by atoms with van der Waals surface area (Å²) >= 11 is 0. The fourth-order valence-electron chi connectivity index (χ4n) is 4.54. The second-order valence-electron chi connectivity index (χ2n) is 11.3. The number of benzene rings is 3. The van der Waals surface area contributed by atoms with Crippen LogP contribution in [0.2, 0.25) is 0 Å². The fraction of sp³-hybridized carbons (Fsp3) is 0.0682. The first-order valence-corrected chi connectivity index (χ1v) is 15.9. The molecule has 3 aromatic carbocycles. The van der Waals surface area contributed by atoms with Crippen LogP contribution in [0.25, 0.3) is 36.5 Å². The number of hydrogen-bond acceptors (Lipinski definition) is 3. The van der Waals surface area contributed by atoms with Crippen molar-refractivity contribution in [2.24, 2.45) is 0 Å². The molecule has 3 aromatic heterocycles. The Morgan fingerprint density at radius 1 is 0.451 bits per heavy atom. The standard InChI is InChI=1S/C16H13N.2C14H11F2N/c1-3-14-7-5-8-15(12-14)10-11-16-9-4-6-13(2)17-16;1-10-3-2-4-12(17-10)7-5-11-6-8-13(15)14(16)9-11;1-10-3-2-4-14(17-10)6-5-11-7-12(15)9-13(16)8-11/h1,4-12H,2H3;2*2-9H,1H3. The normalized spacial score (nSPS) is 10.8. The van der Waals surface area contributed by atoms with E-state index in [9.17, 15) is 17.6 Å². The molecule has 0 atom stereocenters. The summed E-state index contributed by atoms with van der Waals surface area (Å²) in [6.07, 6.45) is 16.2. The van der Waals surface area contributed by atoms with Crippen LogP contribution in [-0.4, -0.2) is 15.0 Å². The van der Waals surface area contributed by atoms with E-state index in [1.807, 2.05) is 112 Å². The minimum absolute atomic E-state index is 0.478. The van der Waals surface area contributed by atoms with Gasteiger partial charge in [0.1, 0.15) is 11.6 Å². The van der Waals surface area contributed by atoms with Gasteiger partial charge in [0.25, 0.3) is 0 Å². The zero-order chi connectivity index (χ0) is 36.6. The monoisotopic (exact) mass is 681 g/mol. The molecule has 0 aliphatic rings. The summed E-state index contributed by atoms with van der Waals surface area (Å²) < 4.78 is 51.5. The molecule has 6 aromatic rings. The lowest BCUT2D eigenvalue weighted by atomic mass is 10.1. The molecule has 3 heterocycles. The SMILES string of the molecule is C#Cc1cccc(C=Cc2cccc(C)n2)c1.Cc1cccc(C=Cc2cc(F)cc(F)c2)n1.Cc1cccc(C=Cc2ccc(F)c(F)c2)n1. The summed E-state index contributed by atoms with van der Waals surface area (Å²) in [6.45, 7) is 5.77. The van der Waals surface area contributed by atoms with Crippen molar-refractivity contribution in [2.45, 2.75) is 20.8 Å². The van der Waals surface area contributed by atoms with Gasteiger partial charge in [-0.2, -0.15) is 0 Å². The molecule has 0 bridgehead atoms. The molecule has 0 N–H and O–H groups in total. The van der Waals surface area contributed by atoms with Crippen LogP contribution < -0.4 is 0 Å². The zero-order valence-electron chi connectivity index (χ0n) is 28.4. The molecule has 0 saturated carbocycles. The minimum Gasteiger partial charge on any atom is -0.254 e. The quantitative estimate of drug-likeness (QED) is 0.130. The van der Waals surface area contributed by atoms with Crippen LogP contribution in [0.15, 0.2) is 115 Å². The van der Waals surface area contributed by atoms with Gasteiger partial charge in [-0.15, -0.1) is 6.42 Å². The minimum atomic E-state index is -0.843. The Balaban J connectivity index is 0.000000172. The predicted molar refractivity (Wildman–Crippen MR) is 201 cm³/mol. The summed E-state index contributed by atoms with van der Waals surface area (Å²) in [7, 11) is 0. The molecule has 0 fully saturated rings. The van der Waals surface area contributed by atoms with Crippen LogP contribution in [0.1, 0.15) is 56.4 Å². The van der Waals surface area contributed by atoms with E-state index in [0.717, 1.165) is 63.5 Å². The molecule has 3 nitrogen and oxygen atoms in total. The molecule has 0 unspecified atom stereocenters. The lowest BCUT2D eigenvalue weighted by Crippen LogP contribution is -1.85. The molecule has 0 radical (unpaired) electrons. The van der Waals surface area contributed by atoms with Gasteiger partial charge in [0.15, 0.2) is 11.6 Å². The van der Waals surface area contributed by atoms with Crippen LogP contribution in [0.5, 0.6) is 0 Å². The number of nitrogens with zero attached hydrogens (tertiary/aromatic N) is 3. The summed E-state index contributed by atoms with van der Waals surface area (Å²) in [4.78, 5) is 12.9. The van der Waals surface area contributed by atoms with Crippen molar-refractivity contribution in [3.8, 4) is 12.3 Å². The van der Waals surface area contributed by atoms with Gasteiger partial charge in [0, 0.05) is 28.7 Å². The maximum atomic E-state index is 12.9. The van der Waals surface area contributed by atoms with Crippen molar-refractivity contribution in [3.63, 3.8) is 0 Å². The maximum Gasteiger partial charge on any atom is 0.159 e. The number of halogens is 4. The third-order valence-electron chi connectivity index (χ3n) is 6.95. The van der Waals surface area contributed by atoms with Crippen LogP contribution in [0, 0.1) is 56.4 Å². The second kappa shape index (κ2) is 19.0. The highest BCUT2D eigenvalue weighted by Gasteiger charge is 2.00. The summed E-state index contributed by atoms with van der Waals surface area (Å²) in [5.41, 5.74) is 8.39. The molecular formula is C44H35F4N3. The van der Waals surface area contributed by atoms with Crippen LogP contribution >= 0.6 is 0 Å². The van der Waals surface area contributed by atoms with E-state index < -0.39 is 23.3 Å². The van der Waals surface area contributed by atoms with Crippen molar-refractivity contribution in [1.82, 2.24) is 15.0 Å². The number of rotatable bonds is 6. The van der Waals surface area contributed by atoms with E-state index in [0.29, 0.717) is 11.1 Å².